The van der Waals surface area contributed by atoms with E-state index in [9.17, 15) is 14.4 Å². The molecule has 0 bridgehead atoms. The average Bonchev–Trinajstić information content (AvgIpc) is 3.17. The summed E-state index contributed by atoms with van der Waals surface area (Å²) in [5.74, 6) is 0.0623. The Balaban J connectivity index is 1.43. The number of benzene rings is 3. The number of para-hydroxylation sites is 1. The lowest BCUT2D eigenvalue weighted by atomic mass is 10.1. The molecule has 0 spiro atoms. The van der Waals surface area contributed by atoms with Gasteiger partial charge in [0.15, 0.2) is 18.1 Å². The predicted molar refractivity (Wildman–Crippen MR) is 146 cm³/mol. The third-order valence-corrected chi connectivity index (χ3v) is 6.67. The van der Waals surface area contributed by atoms with E-state index in [4.69, 9.17) is 9.47 Å². The highest BCUT2D eigenvalue weighted by Gasteiger charge is 2.34. The minimum atomic E-state index is -0.339. The molecule has 3 aromatic rings. The Labute approximate surface area is 220 Å². The van der Waals surface area contributed by atoms with E-state index in [1.54, 1.807) is 24.3 Å². The molecule has 3 aromatic carbocycles. The number of rotatable bonds is 10. The van der Waals surface area contributed by atoms with Crippen molar-refractivity contribution in [3.63, 3.8) is 0 Å². The Kier molecular flexibility index (Phi) is 8.64. The van der Waals surface area contributed by atoms with Crippen LogP contribution in [0, 0.1) is 6.92 Å². The summed E-state index contributed by atoms with van der Waals surface area (Å²) < 4.78 is 11.3. The highest BCUT2D eigenvalue weighted by Crippen LogP contribution is 2.37. The molecule has 1 heterocycles. The number of carbonyl (C=O) groups excluding carboxylic acids is 3. The summed E-state index contributed by atoms with van der Waals surface area (Å²) in [7, 11) is 1.50. The molecule has 1 N–H and O–H groups in total. The van der Waals surface area contributed by atoms with E-state index in [0.29, 0.717) is 40.6 Å². The smallest absolute Gasteiger partial charge is 0.293 e. The van der Waals surface area contributed by atoms with E-state index in [2.05, 4.69) is 5.32 Å². The number of imide groups is 1. The largest absolute Gasteiger partial charge is 0.493 e. The standard InChI is InChI=1S/C29H28N2O5S/c1-20-13-15-23(16-14-20)30-26(32)19-36-27-22(11-6-12-24(27)35-2)18-25-28(33)31(29(34)37-25)17-7-10-21-8-4-3-5-9-21/h3-6,8-9,11-16,18H,7,10,17,19H2,1-2H3,(H,30,32)/b25-18+. The second-order valence-corrected chi connectivity index (χ2v) is 9.50. The van der Waals surface area contributed by atoms with Gasteiger partial charge in [0, 0.05) is 17.8 Å². The van der Waals surface area contributed by atoms with Gasteiger partial charge < -0.3 is 14.8 Å². The lowest BCUT2D eigenvalue weighted by Gasteiger charge is -2.14. The van der Waals surface area contributed by atoms with Gasteiger partial charge in [-0.05, 0) is 61.4 Å². The Hall–Kier alpha value is -4.04. The fraction of sp³-hybridized carbons (Fsp3) is 0.207. The third-order valence-electron chi connectivity index (χ3n) is 5.76. The van der Waals surface area contributed by atoms with Gasteiger partial charge in [-0.3, -0.25) is 19.3 Å². The van der Waals surface area contributed by atoms with Crippen LogP contribution in [0.15, 0.2) is 77.7 Å². The number of nitrogens with zero attached hydrogens (tertiary/aromatic N) is 1. The molecule has 1 saturated heterocycles. The van der Waals surface area contributed by atoms with Gasteiger partial charge >= 0.3 is 0 Å². The number of hydrogen-bond acceptors (Lipinski definition) is 6. The Bertz CT molecular complexity index is 1310. The summed E-state index contributed by atoms with van der Waals surface area (Å²) in [6.45, 7) is 2.06. The molecule has 8 heteroatoms. The van der Waals surface area contributed by atoms with E-state index in [1.807, 2.05) is 61.5 Å². The van der Waals surface area contributed by atoms with Crippen LogP contribution >= 0.6 is 11.8 Å². The first-order valence-corrected chi connectivity index (χ1v) is 12.7. The van der Waals surface area contributed by atoms with Crippen molar-refractivity contribution in [3.05, 3.63) is 94.4 Å². The number of thioether (sulfide) groups is 1. The minimum absolute atomic E-state index is 0.254. The molecular formula is C29H28N2O5S. The zero-order chi connectivity index (χ0) is 26.2. The fourth-order valence-corrected chi connectivity index (χ4v) is 4.71. The van der Waals surface area contributed by atoms with Crippen molar-refractivity contribution in [1.29, 1.82) is 0 Å². The van der Waals surface area contributed by atoms with E-state index >= 15 is 0 Å². The first kappa shape index (κ1) is 26.0. The summed E-state index contributed by atoms with van der Waals surface area (Å²) >= 11 is 0.895. The van der Waals surface area contributed by atoms with Gasteiger partial charge in [-0.2, -0.15) is 0 Å². The minimum Gasteiger partial charge on any atom is -0.493 e. The molecule has 0 aliphatic carbocycles. The molecule has 1 aliphatic heterocycles. The molecule has 0 radical (unpaired) electrons. The van der Waals surface area contributed by atoms with Crippen molar-refractivity contribution >= 4 is 40.6 Å². The number of methoxy groups -OCH3 is 1. The Morgan fingerprint density at radius 1 is 1.00 bits per heavy atom. The molecule has 1 fully saturated rings. The number of hydrogen-bond donors (Lipinski definition) is 1. The molecule has 0 atom stereocenters. The second kappa shape index (κ2) is 12.3. The fourth-order valence-electron chi connectivity index (χ4n) is 3.85. The van der Waals surface area contributed by atoms with E-state index in [0.717, 1.165) is 29.3 Å². The van der Waals surface area contributed by atoms with Gasteiger partial charge in [0.05, 0.1) is 12.0 Å². The molecule has 4 rings (SSSR count). The van der Waals surface area contributed by atoms with Crippen LogP contribution in [0.25, 0.3) is 6.08 Å². The SMILES string of the molecule is COc1cccc(/C=C2/SC(=O)N(CCCc3ccccc3)C2=O)c1OCC(=O)Nc1ccc(C)cc1. The van der Waals surface area contributed by atoms with Crippen LogP contribution in [-0.2, 0) is 16.0 Å². The van der Waals surface area contributed by atoms with Crippen LogP contribution < -0.4 is 14.8 Å². The first-order chi connectivity index (χ1) is 17.9. The number of nitrogens with one attached hydrogen (secondary N) is 1. The summed E-state index contributed by atoms with van der Waals surface area (Å²) in [6, 6.07) is 22.6. The van der Waals surface area contributed by atoms with Crippen molar-refractivity contribution < 1.29 is 23.9 Å². The van der Waals surface area contributed by atoms with Gasteiger partial charge in [0.25, 0.3) is 17.1 Å². The zero-order valence-corrected chi connectivity index (χ0v) is 21.5. The first-order valence-electron chi connectivity index (χ1n) is 11.9. The number of amides is 3. The Morgan fingerprint density at radius 3 is 2.49 bits per heavy atom. The molecule has 1 aliphatic rings. The van der Waals surface area contributed by atoms with E-state index in [1.165, 1.54) is 12.0 Å². The quantitative estimate of drug-likeness (QED) is 0.349. The maximum Gasteiger partial charge on any atom is 0.293 e. The normalized spacial score (nSPS) is 14.2. The number of ether oxygens (including phenoxy) is 2. The Morgan fingerprint density at radius 2 is 1.76 bits per heavy atom. The van der Waals surface area contributed by atoms with Gasteiger partial charge in [-0.15, -0.1) is 0 Å². The zero-order valence-electron chi connectivity index (χ0n) is 20.7. The summed E-state index contributed by atoms with van der Waals surface area (Å²) in [5.41, 5.74) is 3.46. The van der Waals surface area contributed by atoms with Crippen molar-refractivity contribution in [2.45, 2.75) is 19.8 Å². The van der Waals surface area contributed by atoms with Crippen LogP contribution in [-0.4, -0.2) is 42.2 Å². The lowest BCUT2D eigenvalue weighted by molar-refractivity contribution is -0.122. The molecular weight excluding hydrogens is 488 g/mol. The summed E-state index contributed by atoms with van der Waals surface area (Å²) in [6.07, 6.45) is 3.07. The number of anilines is 1. The highest BCUT2D eigenvalue weighted by atomic mass is 32.2. The van der Waals surface area contributed by atoms with Crippen LogP contribution in [0.3, 0.4) is 0 Å². The monoisotopic (exact) mass is 516 g/mol. The highest BCUT2D eigenvalue weighted by molar-refractivity contribution is 8.18. The van der Waals surface area contributed by atoms with Crippen LogP contribution in [0.5, 0.6) is 11.5 Å². The van der Waals surface area contributed by atoms with Crippen molar-refractivity contribution in [3.8, 4) is 11.5 Å². The third kappa shape index (κ3) is 6.80. The van der Waals surface area contributed by atoms with E-state index in [-0.39, 0.29) is 23.7 Å². The van der Waals surface area contributed by atoms with Crippen molar-refractivity contribution in [2.75, 3.05) is 25.6 Å². The molecule has 0 unspecified atom stereocenters. The molecule has 37 heavy (non-hydrogen) atoms. The van der Waals surface area contributed by atoms with Crippen molar-refractivity contribution in [2.24, 2.45) is 0 Å². The maximum absolute atomic E-state index is 13.0. The summed E-state index contributed by atoms with van der Waals surface area (Å²) in [5, 5.41) is 2.49. The summed E-state index contributed by atoms with van der Waals surface area (Å²) in [4.78, 5) is 39.6. The van der Waals surface area contributed by atoms with Gasteiger partial charge in [-0.1, -0.05) is 60.2 Å². The molecule has 0 saturated carbocycles. The molecule has 3 amide bonds. The van der Waals surface area contributed by atoms with Gasteiger partial charge in [-0.25, -0.2) is 0 Å². The lowest BCUT2D eigenvalue weighted by Crippen LogP contribution is -2.29. The molecule has 0 aromatic heterocycles. The van der Waals surface area contributed by atoms with Gasteiger partial charge in [0.2, 0.25) is 0 Å². The topological polar surface area (TPSA) is 84.9 Å². The van der Waals surface area contributed by atoms with Crippen LogP contribution in [0.1, 0.15) is 23.1 Å². The maximum atomic E-state index is 13.0. The molecule has 190 valence electrons. The van der Waals surface area contributed by atoms with Gasteiger partial charge in [0.1, 0.15) is 0 Å². The second-order valence-electron chi connectivity index (χ2n) is 8.50. The number of carbonyl (C=O) groups is 3. The number of aryl methyl sites for hydroxylation is 2. The predicted octanol–water partition coefficient (Wildman–Crippen LogP) is 5.69. The molecule has 7 nitrogen and oxygen atoms in total. The van der Waals surface area contributed by atoms with Crippen LogP contribution in [0.4, 0.5) is 10.5 Å². The average molecular weight is 517 g/mol. The van der Waals surface area contributed by atoms with Crippen molar-refractivity contribution in [1.82, 2.24) is 4.90 Å². The van der Waals surface area contributed by atoms with E-state index < -0.39 is 0 Å². The van der Waals surface area contributed by atoms with Crippen LogP contribution in [0.2, 0.25) is 0 Å².